The number of carbonyl (C=O) groups excluding carboxylic acids is 1. The summed E-state index contributed by atoms with van der Waals surface area (Å²) < 4.78 is 15.7. The van der Waals surface area contributed by atoms with Gasteiger partial charge in [-0.3, -0.25) is 9.59 Å². The van der Waals surface area contributed by atoms with Crippen molar-refractivity contribution in [2.24, 2.45) is 0 Å². The average Bonchev–Trinajstić information content (AvgIpc) is 2.83. The van der Waals surface area contributed by atoms with Crippen molar-refractivity contribution in [3.05, 3.63) is 63.6 Å². The van der Waals surface area contributed by atoms with E-state index in [1.807, 2.05) is 0 Å². The number of hydrogen-bond donors (Lipinski definition) is 2. The maximum Gasteiger partial charge on any atom is 0.274 e. The lowest BCUT2D eigenvalue weighted by Gasteiger charge is -2.26. The highest BCUT2D eigenvalue weighted by molar-refractivity contribution is 5.97. The summed E-state index contributed by atoms with van der Waals surface area (Å²) in [4.78, 5) is 34.1. The Morgan fingerprint density at radius 2 is 1.81 bits per heavy atom. The number of carbonyl (C=O) groups is 1. The van der Waals surface area contributed by atoms with Crippen molar-refractivity contribution in [2.45, 2.75) is 0 Å². The summed E-state index contributed by atoms with van der Waals surface area (Å²) in [6, 6.07) is 9.86. The highest BCUT2D eigenvalue weighted by Crippen LogP contribution is 2.30. The van der Waals surface area contributed by atoms with Gasteiger partial charge < -0.3 is 29.2 Å². The third-order valence-electron chi connectivity index (χ3n) is 5.22. The number of aromatic nitrogens is 2. The number of benzene rings is 2. The number of amides is 1. The number of rotatable bonds is 5. The SMILES string of the molecule is COc1ccc(/C(O)=C/c2nc3ccc(C(=O)N4CCOCC4)cc3[nH]c2=O)cc1OC. The molecular formula is C23H23N3O6. The van der Waals surface area contributed by atoms with Gasteiger partial charge in [0.05, 0.1) is 38.5 Å². The molecule has 2 N–H and O–H groups in total. The largest absolute Gasteiger partial charge is 0.507 e. The number of morpholine rings is 1. The number of nitrogens with zero attached hydrogens (tertiary/aromatic N) is 2. The molecule has 1 aliphatic heterocycles. The highest BCUT2D eigenvalue weighted by Gasteiger charge is 2.19. The minimum atomic E-state index is -0.486. The van der Waals surface area contributed by atoms with Gasteiger partial charge in [0, 0.05) is 30.3 Å². The Bertz CT molecular complexity index is 1240. The van der Waals surface area contributed by atoms with Gasteiger partial charge in [0.1, 0.15) is 11.5 Å². The lowest BCUT2D eigenvalue weighted by molar-refractivity contribution is 0.0303. The highest BCUT2D eigenvalue weighted by atomic mass is 16.5. The number of aromatic amines is 1. The van der Waals surface area contributed by atoms with Gasteiger partial charge in [-0.25, -0.2) is 4.98 Å². The molecule has 0 saturated carbocycles. The molecule has 9 nitrogen and oxygen atoms in total. The van der Waals surface area contributed by atoms with Gasteiger partial charge in [-0.1, -0.05) is 0 Å². The predicted octanol–water partition coefficient (Wildman–Crippen LogP) is 2.47. The molecule has 2 aromatic carbocycles. The maximum atomic E-state index is 12.7. The van der Waals surface area contributed by atoms with E-state index in [1.54, 1.807) is 41.3 Å². The number of aliphatic hydroxyl groups is 1. The Labute approximate surface area is 183 Å². The predicted molar refractivity (Wildman–Crippen MR) is 119 cm³/mol. The summed E-state index contributed by atoms with van der Waals surface area (Å²) in [6.45, 7) is 2.09. The van der Waals surface area contributed by atoms with Gasteiger partial charge in [-0.05, 0) is 36.4 Å². The van der Waals surface area contributed by atoms with Crippen molar-refractivity contribution in [3.8, 4) is 11.5 Å². The fourth-order valence-corrected chi connectivity index (χ4v) is 3.49. The van der Waals surface area contributed by atoms with Crippen molar-refractivity contribution >= 4 is 28.8 Å². The molecular weight excluding hydrogens is 414 g/mol. The van der Waals surface area contributed by atoms with Crippen LogP contribution in [0.5, 0.6) is 11.5 Å². The van der Waals surface area contributed by atoms with Gasteiger partial charge in [0.15, 0.2) is 11.5 Å². The second kappa shape index (κ2) is 9.11. The Morgan fingerprint density at radius 3 is 2.53 bits per heavy atom. The van der Waals surface area contributed by atoms with E-state index in [0.29, 0.717) is 60.0 Å². The molecule has 0 atom stereocenters. The van der Waals surface area contributed by atoms with Crippen LogP contribution in [0.2, 0.25) is 0 Å². The molecule has 0 bridgehead atoms. The molecule has 9 heteroatoms. The second-order valence-electron chi connectivity index (χ2n) is 7.19. The normalized spacial score (nSPS) is 14.4. The van der Waals surface area contributed by atoms with E-state index >= 15 is 0 Å². The fourth-order valence-electron chi connectivity index (χ4n) is 3.49. The Kier molecular flexibility index (Phi) is 6.09. The zero-order chi connectivity index (χ0) is 22.7. The molecule has 0 radical (unpaired) electrons. The molecule has 1 aliphatic rings. The number of ether oxygens (including phenoxy) is 3. The summed E-state index contributed by atoms with van der Waals surface area (Å²) in [7, 11) is 3.02. The number of methoxy groups -OCH3 is 2. The van der Waals surface area contributed by atoms with Crippen LogP contribution in [0.1, 0.15) is 21.6 Å². The second-order valence-corrected chi connectivity index (χ2v) is 7.19. The van der Waals surface area contributed by atoms with Gasteiger partial charge in [-0.15, -0.1) is 0 Å². The quantitative estimate of drug-likeness (QED) is 0.590. The van der Waals surface area contributed by atoms with E-state index < -0.39 is 5.56 Å². The molecule has 3 aromatic rings. The van der Waals surface area contributed by atoms with Crippen LogP contribution in [0.4, 0.5) is 0 Å². The van der Waals surface area contributed by atoms with Crippen LogP contribution in [-0.2, 0) is 4.74 Å². The van der Waals surface area contributed by atoms with Gasteiger partial charge in [0.2, 0.25) is 0 Å². The number of aliphatic hydroxyl groups excluding tert-OH is 1. The van der Waals surface area contributed by atoms with Crippen LogP contribution in [0.25, 0.3) is 22.9 Å². The van der Waals surface area contributed by atoms with Crippen LogP contribution < -0.4 is 15.0 Å². The first-order valence-electron chi connectivity index (χ1n) is 10.0. The van der Waals surface area contributed by atoms with Gasteiger partial charge in [-0.2, -0.15) is 0 Å². The molecule has 0 aliphatic carbocycles. The number of H-pyrrole nitrogens is 1. The van der Waals surface area contributed by atoms with E-state index in [4.69, 9.17) is 14.2 Å². The molecule has 1 saturated heterocycles. The molecule has 166 valence electrons. The molecule has 1 aromatic heterocycles. The van der Waals surface area contributed by atoms with E-state index in [0.717, 1.165) is 0 Å². The fraction of sp³-hybridized carbons (Fsp3) is 0.261. The molecule has 0 spiro atoms. The van der Waals surface area contributed by atoms with Crippen LogP contribution >= 0.6 is 0 Å². The molecule has 2 heterocycles. The Balaban J connectivity index is 1.65. The minimum Gasteiger partial charge on any atom is -0.507 e. The summed E-state index contributed by atoms with van der Waals surface area (Å²) in [5.74, 6) is 0.699. The zero-order valence-corrected chi connectivity index (χ0v) is 17.8. The number of nitrogens with one attached hydrogen (secondary N) is 1. The first kappa shape index (κ1) is 21.4. The van der Waals surface area contributed by atoms with Gasteiger partial charge >= 0.3 is 0 Å². The van der Waals surface area contributed by atoms with Crippen molar-refractivity contribution in [2.75, 3.05) is 40.5 Å². The summed E-state index contributed by atoms with van der Waals surface area (Å²) in [5.41, 5.74) is 1.40. The molecule has 1 amide bonds. The van der Waals surface area contributed by atoms with E-state index in [9.17, 15) is 14.7 Å². The van der Waals surface area contributed by atoms with Crippen LogP contribution in [0.3, 0.4) is 0 Å². The number of fused-ring (bicyclic) bond motifs is 1. The lowest BCUT2D eigenvalue weighted by Crippen LogP contribution is -2.40. The third kappa shape index (κ3) is 4.28. The Hall–Kier alpha value is -3.85. The van der Waals surface area contributed by atoms with E-state index in [2.05, 4.69) is 9.97 Å². The van der Waals surface area contributed by atoms with Crippen LogP contribution in [0.15, 0.2) is 41.2 Å². The lowest BCUT2D eigenvalue weighted by atomic mass is 10.1. The average molecular weight is 437 g/mol. The summed E-state index contributed by atoms with van der Waals surface area (Å²) in [6.07, 6.45) is 1.28. The standard InChI is InChI=1S/C23H23N3O6/c1-30-20-6-4-14(12-21(20)31-2)19(27)13-18-22(28)25-17-11-15(3-5-16(17)24-18)23(29)26-7-9-32-10-8-26/h3-6,11-13,27H,7-10H2,1-2H3,(H,25,28)/b19-13-. The summed E-state index contributed by atoms with van der Waals surface area (Å²) >= 11 is 0. The first-order chi connectivity index (χ1) is 15.5. The van der Waals surface area contributed by atoms with Crippen LogP contribution in [0, 0.1) is 0 Å². The zero-order valence-electron chi connectivity index (χ0n) is 17.8. The Morgan fingerprint density at radius 1 is 1.09 bits per heavy atom. The minimum absolute atomic E-state index is 0.0389. The van der Waals surface area contributed by atoms with E-state index in [1.165, 1.54) is 20.3 Å². The van der Waals surface area contributed by atoms with E-state index in [-0.39, 0.29) is 17.4 Å². The number of hydrogen-bond acceptors (Lipinski definition) is 7. The topological polar surface area (TPSA) is 114 Å². The van der Waals surface area contributed by atoms with Crippen molar-refractivity contribution in [1.29, 1.82) is 0 Å². The van der Waals surface area contributed by atoms with Crippen molar-refractivity contribution in [3.63, 3.8) is 0 Å². The molecule has 32 heavy (non-hydrogen) atoms. The monoisotopic (exact) mass is 437 g/mol. The van der Waals surface area contributed by atoms with Crippen molar-refractivity contribution in [1.82, 2.24) is 14.9 Å². The molecule has 1 fully saturated rings. The third-order valence-corrected chi connectivity index (χ3v) is 5.22. The van der Waals surface area contributed by atoms with Gasteiger partial charge in [0.25, 0.3) is 11.5 Å². The molecule has 4 rings (SSSR count). The summed E-state index contributed by atoms with van der Waals surface area (Å²) in [5, 5.41) is 10.5. The van der Waals surface area contributed by atoms with Crippen molar-refractivity contribution < 1.29 is 24.1 Å². The molecule has 0 unspecified atom stereocenters. The van der Waals surface area contributed by atoms with Crippen LogP contribution in [-0.4, -0.2) is 66.4 Å². The maximum absolute atomic E-state index is 12.7. The smallest absolute Gasteiger partial charge is 0.274 e. The first-order valence-corrected chi connectivity index (χ1v) is 10.0.